The van der Waals surface area contributed by atoms with E-state index in [9.17, 15) is 26.7 Å². The van der Waals surface area contributed by atoms with Gasteiger partial charge in [-0.3, -0.25) is 4.79 Å². The number of alkyl halides is 3. The molecule has 1 aromatic carbocycles. The van der Waals surface area contributed by atoms with E-state index in [1.807, 2.05) is 0 Å². The zero-order valence-electron chi connectivity index (χ0n) is 15.5. The largest absolute Gasteiger partial charge is 0.419 e. The standard InChI is InChI=1S/C18H15F5N6O/c1-9-15-13(29(27-26-15)17-24-7-10(19)8-25-17)5-6-28(9)16(30)11-3-2-4-12(14(11)20)18(21,22)23/h2-4,7-9,26-27H,5-6H2,1H3/t9-/m1/s1. The number of carbonyl (C=O) groups excluding carboxylic acids is 1. The number of halogens is 5. The predicted octanol–water partition coefficient (Wildman–Crippen LogP) is 2.75. The lowest BCUT2D eigenvalue weighted by Crippen LogP contribution is -2.46. The van der Waals surface area contributed by atoms with Crippen molar-refractivity contribution in [2.24, 2.45) is 0 Å². The van der Waals surface area contributed by atoms with E-state index in [2.05, 4.69) is 20.9 Å². The number of carbonyl (C=O) groups is 1. The van der Waals surface area contributed by atoms with Crippen LogP contribution in [0.2, 0.25) is 0 Å². The molecule has 1 amide bonds. The molecule has 2 aliphatic rings. The van der Waals surface area contributed by atoms with Crippen molar-refractivity contribution in [2.45, 2.75) is 25.6 Å². The van der Waals surface area contributed by atoms with Crippen LogP contribution in [0.1, 0.15) is 29.3 Å². The minimum atomic E-state index is -4.91. The van der Waals surface area contributed by atoms with Gasteiger partial charge in [0.15, 0.2) is 5.82 Å². The zero-order valence-corrected chi connectivity index (χ0v) is 15.5. The summed E-state index contributed by atoms with van der Waals surface area (Å²) < 4.78 is 66.4. The molecule has 3 heterocycles. The van der Waals surface area contributed by atoms with Crippen molar-refractivity contribution in [1.82, 2.24) is 25.8 Å². The lowest BCUT2D eigenvalue weighted by Gasteiger charge is -2.34. The molecular weight excluding hydrogens is 411 g/mol. The Balaban J connectivity index is 1.61. The number of hydrazine groups is 2. The van der Waals surface area contributed by atoms with E-state index in [0.29, 0.717) is 17.5 Å². The summed E-state index contributed by atoms with van der Waals surface area (Å²) in [4.78, 5) is 21.9. The highest BCUT2D eigenvalue weighted by Crippen LogP contribution is 2.34. The molecule has 0 radical (unpaired) electrons. The molecule has 2 N–H and O–H groups in total. The maximum Gasteiger partial charge on any atom is 0.419 e. The van der Waals surface area contributed by atoms with Gasteiger partial charge in [0.25, 0.3) is 5.91 Å². The van der Waals surface area contributed by atoms with Crippen molar-refractivity contribution >= 4 is 11.9 Å². The second-order valence-electron chi connectivity index (χ2n) is 6.72. The maximum atomic E-state index is 14.4. The molecule has 12 heteroatoms. The van der Waals surface area contributed by atoms with Gasteiger partial charge in [-0.05, 0) is 19.1 Å². The molecule has 158 valence electrons. The van der Waals surface area contributed by atoms with Gasteiger partial charge in [0.1, 0.15) is 5.82 Å². The predicted molar refractivity (Wildman–Crippen MR) is 94.3 cm³/mol. The van der Waals surface area contributed by atoms with Crippen LogP contribution in [0.5, 0.6) is 0 Å². The van der Waals surface area contributed by atoms with Gasteiger partial charge in [-0.25, -0.2) is 23.8 Å². The van der Waals surface area contributed by atoms with Crippen molar-refractivity contribution < 1.29 is 26.7 Å². The van der Waals surface area contributed by atoms with Crippen molar-refractivity contribution in [3.63, 3.8) is 0 Å². The number of hydrogen-bond acceptors (Lipinski definition) is 6. The number of benzene rings is 1. The first-order chi connectivity index (χ1) is 14.2. The van der Waals surface area contributed by atoms with E-state index in [1.165, 1.54) is 9.91 Å². The van der Waals surface area contributed by atoms with Crippen LogP contribution < -0.4 is 16.0 Å². The summed E-state index contributed by atoms with van der Waals surface area (Å²) >= 11 is 0. The summed E-state index contributed by atoms with van der Waals surface area (Å²) in [6, 6.07) is 2.02. The molecule has 0 saturated heterocycles. The molecule has 0 aliphatic carbocycles. The van der Waals surface area contributed by atoms with Crippen LogP contribution in [-0.2, 0) is 6.18 Å². The van der Waals surface area contributed by atoms with Gasteiger partial charge in [0.05, 0.1) is 41.0 Å². The third-order valence-corrected chi connectivity index (χ3v) is 4.96. The van der Waals surface area contributed by atoms with Crippen LogP contribution in [0, 0.1) is 11.6 Å². The van der Waals surface area contributed by atoms with E-state index in [-0.39, 0.29) is 18.9 Å². The summed E-state index contributed by atoms with van der Waals surface area (Å²) in [6.45, 7) is 1.77. The Morgan fingerprint density at radius 1 is 1.20 bits per heavy atom. The average Bonchev–Trinajstić information content (AvgIpc) is 3.13. The van der Waals surface area contributed by atoms with Gasteiger partial charge in [0.2, 0.25) is 5.95 Å². The lowest BCUT2D eigenvalue weighted by molar-refractivity contribution is -0.140. The summed E-state index contributed by atoms with van der Waals surface area (Å²) in [5.41, 5.74) is 4.78. The Morgan fingerprint density at radius 3 is 2.57 bits per heavy atom. The first kappa shape index (κ1) is 20.0. The fraction of sp³-hybridized carbons (Fsp3) is 0.278. The Hall–Kier alpha value is -3.28. The number of rotatable bonds is 2. The summed E-state index contributed by atoms with van der Waals surface area (Å²) in [5, 5.41) is 1.48. The van der Waals surface area contributed by atoms with Crippen LogP contribution in [0.25, 0.3) is 0 Å². The smallest absolute Gasteiger partial charge is 0.330 e. The first-order valence-electron chi connectivity index (χ1n) is 8.87. The highest BCUT2D eigenvalue weighted by molar-refractivity contribution is 5.95. The Bertz CT molecular complexity index is 1020. The van der Waals surface area contributed by atoms with Crippen molar-refractivity contribution in [3.05, 3.63) is 64.7 Å². The number of nitrogens with zero attached hydrogens (tertiary/aromatic N) is 4. The molecule has 30 heavy (non-hydrogen) atoms. The summed E-state index contributed by atoms with van der Waals surface area (Å²) in [7, 11) is 0. The number of hydrogen-bond donors (Lipinski definition) is 2. The van der Waals surface area contributed by atoms with Gasteiger partial charge in [-0.2, -0.15) is 13.2 Å². The van der Waals surface area contributed by atoms with Crippen LogP contribution in [0.3, 0.4) is 0 Å². The van der Waals surface area contributed by atoms with Gasteiger partial charge in [-0.1, -0.05) is 6.07 Å². The quantitative estimate of drug-likeness (QED) is 0.720. The number of amides is 1. The van der Waals surface area contributed by atoms with Gasteiger partial charge in [0, 0.05) is 13.0 Å². The normalized spacial score (nSPS) is 19.1. The zero-order chi connectivity index (χ0) is 21.6. The van der Waals surface area contributed by atoms with E-state index >= 15 is 0 Å². The molecular formula is C18H15F5N6O. The van der Waals surface area contributed by atoms with Crippen LogP contribution in [0.15, 0.2) is 42.0 Å². The highest BCUT2D eigenvalue weighted by atomic mass is 19.4. The van der Waals surface area contributed by atoms with Crippen LogP contribution in [-0.4, -0.2) is 33.4 Å². The van der Waals surface area contributed by atoms with Gasteiger partial charge >= 0.3 is 6.18 Å². The van der Waals surface area contributed by atoms with E-state index in [0.717, 1.165) is 24.5 Å². The second-order valence-corrected chi connectivity index (χ2v) is 6.72. The van der Waals surface area contributed by atoms with E-state index < -0.39 is 40.9 Å². The number of nitrogens with one attached hydrogen (secondary N) is 2. The van der Waals surface area contributed by atoms with Crippen LogP contribution >= 0.6 is 0 Å². The highest BCUT2D eigenvalue weighted by Gasteiger charge is 2.40. The third kappa shape index (κ3) is 3.32. The second kappa shape index (κ2) is 7.20. The minimum absolute atomic E-state index is 0.121. The fourth-order valence-corrected chi connectivity index (χ4v) is 3.48. The molecule has 0 fully saturated rings. The molecule has 0 unspecified atom stereocenters. The number of anilines is 1. The van der Waals surface area contributed by atoms with Crippen molar-refractivity contribution in [3.8, 4) is 0 Å². The molecule has 4 rings (SSSR count). The molecule has 0 saturated carbocycles. The monoisotopic (exact) mass is 426 g/mol. The lowest BCUT2D eigenvalue weighted by atomic mass is 10.0. The molecule has 0 spiro atoms. The Morgan fingerprint density at radius 2 is 1.90 bits per heavy atom. The third-order valence-electron chi connectivity index (χ3n) is 4.96. The van der Waals surface area contributed by atoms with Gasteiger partial charge < -0.3 is 10.3 Å². The topological polar surface area (TPSA) is 73.4 Å². The van der Waals surface area contributed by atoms with Crippen molar-refractivity contribution in [1.29, 1.82) is 0 Å². The molecule has 2 aromatic rings. The van der Waals surface area contributed by atoms with E-state index in [1.54, 1.807) is 6.92 Å². The fourth-order valence-electron chi connectivity index (χ4n) is 3.48. The average molecular weight is 426 g/mol. The molecule has 1 aromatic heterocycles. The van der Waals surface area contributed by atoms with E-state index in [4.69, 9.17) is 0 Å². The SMILES string of the molecule is C[C@@H]1C2=C(CCN1C(=O)c1cccc(C(F)(F)F)c1F)N(c1ncc(F)cn1)NN2. The molecule has 2 aliphatic heterocycles. The summed E-state index contributed by atoms with van der Waals surface area (Å²) in [5.74, 6) is -2.88. The van der Waals surface area contributed by atoms with Crippen molar-refractivity contribution in [2.75, 3.05) is 11.6 Å². The van der Waals surface area contributed by atoms with Gasteiger partial charge in [-0.15, -0.1) is 5.53 Å². The minimum Gasteiger partial charge on any atom is -0.330 e. The maximum absolute atomic E-state index is 14.4. The number of aromatic nitrogens is 2. The Labute approximate surface area is 167 Å². The van der Waals surface area contributed by atoms with Crippen LogP contribution in [0.4, 0.5) is 27.9 Å². The molecule has 7 nitrogen and oxygen atoms in total. The Kier molecular flexibility index (Phi) is 4.80. The molecule has 1 atom stereocenters. The molecule has 0 bridgehead atoms. The first-order valence-corrected chi connectivity index (χ1v) is 8.87. The summed E-state index contributed by atoms with van der Waals surface area (Å²) in [6.07, 6.45) is -2.62.